The highest BCUT2D eigenvalue weighted by atomic mass is 16.2. The molecule has 1 unspecified atom stereocenters. The van der Waals surface area contributed by atoms with Gasteiger partial charge in [0.2, 0.25) is 0 Å². The van der Waals surface area contributed by atoms with E-state index in [4.69, 9.17) is 0 Å². The first-order chi connectivity index (χ1) is 11.0. The summed E-state index contributed by atoms with van der Waals surface area (Å²) in [5.41, 5.74) is 4.37. The number of aromatic nitrogens is 1. The number of carbonyl (C=O) groups is 1. The van der Waals surface area contributed by atoms with E-state index < -0.39 is 0 Å². The normalized spacial score (nSPS) is 17.3. The number of aryl methyl sites for hydroxylation is 2. The third kappa shape index (κ3) is 2.98. The molecule has 3 rings (SSSR count). The van der Waals surface area contributed by atoms with E-state index in [2.05, 4.69) is 48.1 Å². The largest absolute Gasteiger partial charge is 0.348 e. The molecule has 2 amide bonds. The minimum atomic E-state index is -0.00940. The number of hydrogen-bond acceptors (Lipinski definition) is 1. The van der Waals surface area contributed by atoms with Gasteiger partial charge in [0.25, 0.3) is 0 Å². The van der Waals surface area contributed by atoms with Crippen molar-refractivity contribution in [2.45, 2.75) is 40.3 Å². The minimum absolute atomic E-state index is 0.00940. The van der Waals surface area contributed by atoms with Gasteiger partial charge in [0, 0.05) is 30.7 Å². The van der Waals surface area contributed by atoms with Crippen molar-refractivity contribution in [3.05, 3.63) is 53.3 Å². The lowest BCUT2D eigenvalue weighted by atomic mass is 9.97. The Kier molecular flexibility index (Phi) is 4.16. The summed E-state index contributed by atoms with van der Waals surface area (Å²) in [4.78, 5) is 14.9. The lowest BCUT2D eigenvalue weighted by Gasteiger charge is -2.39. The molecule has 0 saturated carbocycles. The van der Waals surface area contributed by atoms with Crippen LogP contribution in [-0.2, 0) is 6.54 Å². The Morgan fingerprint density at radius 2 is 2.00 bits per heavy atom. The number of rotatable bonds is 2. The maximum Gasteiger partial charge on any atom is 0.322 e. The van der Waals surface area contributed by atoms with Gasteiger partial charge in [-0.1, -0.05) is 26.0 Å². The first-order valence-electron chi connectivity index (χ1n) is 8.27. The van der Waals surface area contributed by atoms with E-state index in [1.54, 1.807) is 0 Å². The van der Waals surface area contributed by atoms with Crippen molar-refractivity contribution in [2.24, 2.45) is 5.92 Å². The smallest absolute Gasteiger partial charge is 0.322 e. The number of fused-ring (bicyclic) bond motifs is 1. The predicted molar refractivity (Wildman–Crippen MR) is 93.7 cm³/mol. The number of carbonyl (C=O) groups excluding carboxylic acids is 1. The van der Waals surface area contributed by atoms with Crippen molar-refractivity contribution in [2.75, 3.05) is 11.9 Å². The number of nitrogens with one attached hydrogen (secondary N) is 1. The zero-order chi connectivity index (χ0) is 16.6. The summed E-state index contributed by atoms with van der Waals surface area (Å²) in [7, 11) is 0. The minimum Gasteiger partial charge on any atom is -0.348 e. The van der Waals surface area contributed by atoms with Crippen LogP contribution in [0.4, 0.5) is 10.5 Å². The monoisotopic (exact) mass is 311 g/mol. The topological polar surface area (TPSA) is 37.3 Å². The molecule has 0 fully saturated rings. The Morgan fingerprint density at radius 3 is 2.74 bits per heavy atom. The van der Waals surface area contributed by atoms with Gasteiger partial charge in [0.1, 0.15) is 0 Å². The zero-order valence-corrected chi connectivity index (χ0v) is 14.3. The van der Waals surface area contributed by atoms with Gasteiger partial charge in [-0.25, -0.2) is 4.79 Å². The van der Waals surface area contributed by atoms with Gasteiger partial charge in [-0.3, -0.25) is 0 Å². The second kappa shape index (κ2) is 6.11. The number of amides is 2. The molecule has 0 bridgehead atoms. The summed E-state index contributed by atoms with van der Waals surface area (Å²) in [6.07, 6.45) is 2.10. The summed E-state index contributed by atoms with van der Waals surface area (Å²) >= 11 is 0. The van der Waals surface area contributed by atoms with Gasteiger partial charge in [0.15, 0.2) is 0 Å². The molecule has 1 aromatic carbocycles. The fraction of sp³-hybridized carbons (Fsp3) is 0.421. The molecule has 0 radical (unpaired) electrons. The molecular formula is C19H25N3O. The molecule has 2 heterocycles. The van der Waals surface area contributed by atoms with E-state index in [-0.39, 0.29) is 12.1 Å². The van der Waals surface area contributed by atoms with Crippen LogP contribution in [0.25, 0.3) is 0 Å². The van der Waals surface area contributed by atoms with Gasteiger partial charge >= 0.3 is 6.03 Å². The number of benzene rings is 1. The van der Waals surface area contributed by atoms with Crippen molar-refractivity contribution < 1.29 is 4.79 Å². The summed E-state index contributed by atoms with van der Waals surface area (Å²) in [5.74, 6) is 0.369. The molecule has 23 heavy (non-hydrogen) atoms. The Morgan fingerprint density at radius 1 is 1.22 bits per heavy atom. The van der Waals surface area contributed by atoms with E-state index >= 15 is 0 Å². The van der Waals surface area contributed by atoms with Crippen LogP contribution in [0.3, 0.4) is 0 Å². The number of anilines is 1. The third-order valence-electron chi connectivity index (χ3n) is 4.61. The molecule has 122 valence electrons. The fourth-order valence-electron chi connectivity index (χ4n) is 3.40. The maximum atomic E-state index is 12.9. The second-order valence-electron chi connectivity index (χ2n) is 6.76. The van der Waals surface area contributed by atoms with E-state index in [0.29, 0.717) is 5.92 Å². The molecule has 0 spiro atoms. The van der Waals surface area contributed by atoms with E-state index in [1.807, 2.05) is 30.9 Å². The Hall–Kier alpha value is -2.23. The van der Waals surface area contributed by atoms with Gasteiger partial charge in [0.05, 0.1) is 6.04 Å². The predicted octanol–water partition coefficient (Wildman–Crippen LogP) is 4.35. The molecule has 0 saturated heterocycles. The number of nitrogens with zero attached hydrogens (tertiary/aromatic N) is 2. The van der Waals surface area contributed by atoms with Crippen molar-refractivity contribution in [1.82, 2.24) is 9.47 Å². The van der Waals surface area contributed by atoms with Crippen LogP contribution in [0, 0.1) is 19.8 Å². The van der Waals surface area contributed by atoms with Crippen molar-refractivity contribution in [1.29, 1.82) is 0 Å². The van der Waals surface area contributed by atoms with E-state index in [0.717, 1.165) is 29.9 Å². The van der Waals surface area contributed by atoms with Crippen LogP contribution in [0.5, 0.6) is 0 Å². The van der Waals surface area contributed by atoms with Crippen LogP contribution in [0.1, 0.15) is 36.7 Å². The highest BCUT2D eigenvalue weighted by Crippen LogP contribution is 2.33. The molecule has 1 aromatic heterocycles. The second-order valence-corrected chi connectivity index (χ2v) is 6.76. The van der Waals surface area contributed by atoms with Crippen LogP contribution < -0.4 is 5.32 Å². The maximum absolute atomic E-state index is 12.9. The molecule has 4 heteroatoms. The zero-order valence-electron chi connectivity index (χ0n) is 14.3. The van der Waals surface area contributed by atoms with E-state index in [1.165, 1.54) is 5.69 Å². The number of urea groups is 1. The molecule has 1 aliphatic rings. The number of hydrogen-bond donors (Lipinski definition) is 1. The van der Waals surface area contributed by atoms with E-state index in [9.17, 15) is 4.79 Å². The first-order valence-corrected chi connectivity index (χ1v) is 8.27. The lowest BCUT2D eigenvalue weighted by Crippen LogP contribution is -2.45. The van der Waals surface area contributed by atoms with Crippen LogP contribution in [0.15, 0.2) is 36.5 Å². The SMILES string of the molecule is Cc1ccc(C)c(NC(=O)N2CCn3cccc3C2C(C)C)c1. The van der Waals surface area contributed by atoms with Crippen molar-refractivity contribution in [3.63, 3.8) is 0 Å². The van der Waals surface area contributed by atoms with Gasteiger partial charge < -0.3 is 14.8 Å². The average molecular weight is 311 g/mol. The summed E-state index contributed by atoms with van der Waals surface area (Å²) in [5, 5.41) is 3.11. The lowest BCUT2D eigenvalue weighted by molar-refractivity contribution is 0.144. The summed E-state index contributed by atoms with van der Waals surface area (Å²) < 4.78 is 2.26. The van der Waals surface area contributed by atoms with Gasteiger partial charge in [-0.15, -0.1) is 0 Å². The molecule has 1 aliphatic heterocycles. The fourth-order valence-corrected chi connectivity index (χ4v) is 3.40. The van der Waals surface area contributed by atoms with Crippen LogP contribution in [0.2, 0.25) is 0 Å². The first kappa shape index (κ1) is 15.7. The highest BCUT2D eigenvalue weighted by Gasteiger charge is 2.33. The van der Waals surface area contributed by atoms with Crippen molar-refractivity contribution in [3.8, 4) is 0 Å². The molecular weight excluding hydrogens is 286 g/mol. The van der Waals surface area contributed by atoms with Crippen LogP contribution >= 0.6 is 0 Å². The van der Waals surface area contributed by atoms with Gasteiger partial charge in [-0.05, 0) is 49.1 Å². The summed E-state index contributed by atoms with van der Waals surface area (Å²) in [6.45, 7) is 10.0. The summed E-state index contributed by atoms with van der Waals surface area (Å²) in [6, 6.07) is 10.4. The molecule has 2 aromatic rings. The standard InChI is InChI=1S/C19H25N3O/c1-13(2)18-17-6-5-9-21(17)10-11-22(18)19(23)20-16-12-14(3)7-8-15(16)4/h5-9,12-13,18H,10-11H2,1-4H3,(H,20,23). The quantitative estimate of drug-likeness (QED) is 0.879. The molecule has 1 atom stereocenters. The average Bonchev–Trinajstić information content (AvgIpc) is 2.98. The van der Waals surface area contributed by atoms with Gasteiger partial charge in [-0.2, -0.15) is 0 Å². The highest BCUT2D eigenvalue weighted by molar-refractivity contribution is 5.90. The Labute approximate surface area is 138 Å². The third-order valence-corrected chi connectivity index (χ3v) is 4.61. The Bertz CT molecular complexity index is 717. The van der Waals surface area contributed by atoms with Crippen molar-refractivity contribution >= 4 is 11.7 Å². The van der Waals surface area contributed by atoms with Crippen LogP contribution in [-0.4, -0.2) is 22.0 Å². The molecule has 1 N–H and O–H groups in total. The Balaban J connectivity index is 1.85. The molecule has 0 aliphatic carbocycles. The molecule has 4 nitrogen and oxygen atoms in total.